The SMILES string of the molecule is COCC(CNC(=O)NC1(C(=O)O)CC1)OC. The molecule has 7 heteroatoms. The van der Waals surface area contributed by atoms with E-state index in [0.717, 1.165) is 0 Å². The third kappa shape index (κ3) is 3.86. The van der Waals surface area contributed by atoms with Gasteiger partial charge in [0.05, 0.1) is 12.7 Å². The van der Waals surface area contributed by atoms with E-state index in [1.54, 1.807) is 0 Å². The first-order valence-corrected chi connectivity index (χ1v) is 5.35. The molecule has 0 aromatic rings. The number of carbonyl (C=O) groups is 2. The Hall–Kier alpha value is -1.34. The smallest absolute Gasteiger partial charge is 0.329 e. The van der Waals surface area contributed by atoms with Gasteiger partial charge < -0.3 is 25.2 Å². The van der Waals surface area contributed by atoms with Crippen molar-refractivity contribution in [1.29, 1.82) is 0 Å². The van der Waals surface area contributed by atoms with E-state index in [-0.39, 0.29) is 12.6 Å². The van der Waals surface area contributed by atoms with E-state index in [2.05, 4.69) is 10.6 Å². The molecule has 1 atom stereocenters. The van der Waals surface area contributed by atoms with Gasteiger partial charge in [0.1, 0.15) is 5.54 Å². The zero-order valence-corrected chi connectivity index (χ0v) is 9.99. The number of hydrogen-bond acceptors (Lipinski definition) is 4. The van der Waals surface area contributed by atoms with Gasteiger partial charge in [0.15, 0.2) is 0 Å². The first kappa shape index (κ1) is 13.7. The number of carbonyl (C=O) groups excluding carboxylic acids is 1. The molecule has 0 bridgehead atoms. The molecule has 3 N–H and O–H groups in total. The number of carboxylic acid groups (broad SMARTS) is 1. The fraction of sp³-hybridized carbons (Fsp3) is 0.800. The van der Waals surface area contributed by atoms with E-state index in [9.17, 15) is 9.59 Å². The van der Waals surface area contributed by atoms with Crippen molar-refractivity contribution in [2.75, 3.05) is 27.4 Å². The second-order valence-corrected chi connectivity index (χ2v) is 4.04. The van der Waals surface area contributed by atoms with Crippen LogP contribution in [0.4, 0.5) is 4.79 Å². The van der Waals surface area contributed by atoms with Crippen molar-refractivity contribution in [3.8, 4) is 0 Å². The van der Waals surface area contributed by atoms with Crippen LogP contribution in [-0.4, -0.2) is 56.1 Å². The molecule has 7 nitrogen and oxygen atoms in total. The average Bonchev–Trinajstić information content (AvgIpc) is 3.05. The molecule has 1 rings (SSSR count). The van der Waals surface area contributed by atoms with Gasteiger partial charge in [-0.1, -0.05) is 0 Å². The number of urea groups is 1. The maximum atomic E-state index is 11.4. The number of rotatable bonds is 7. The van der Waals surface area contributed by atoms with Crippen LogP contribution in [0.3, 0.4) is 0 Å². The second kappa shape index (κ2) is 5.83. The summed E-state index contributed by atoms with van der Waals surface area (Å²) in [6.07, 6.45) is 0.703. The van der Waals surface area contributed by atoms with Crippen LogP contribution in [0.5, 0.6) is 0 Å². The average molecular weight is 246 g/mol. The lowest BCUT2D eigenvalue weighted by Crippen LogP contribution is -2.49. The van der Waals surface area contributed by atoms with Crippen molar-refractivity contribution < 1.29 is 24.2 Å². The lowest BCUT2D eigenvalue weighted by Gasteiger charge is -2.17. The van der Waals surface area contributed by atoms with Crippen LogP contribution in [0.2, 0.25) is 0 Å². The normalized spacial score (nSPS) is 18.2. The highest BCUT2D eigenvalue weighted by Crippen LogP contribution is 2.35. The van der Waals surface area contributed by atoms with E-state index >= 15 is 0 Å². The summed E-state index contributed by atoms with van der Waals surface area (Å²) in [4.78, 5) is 22.3. The van der Waals surface area contributed by atoms with Crippen LogP contribution in [0, 0.1) is 0 Å². The van der Waals surface area contributed by atoms with Gasteiger partial charge in [-0.2, -0.15) is 0 Å². The quantitative estimate of drug-likeness (QED) is 0.566. The largest absolute Gasteiger partial charge is 0.480 e. The van der Waals surface area contributed by atoms with Crippen molar-refractivity contribution in [3.05, 3.63) is 0 Å². The number of aliphatic carboxylic acids is 1. The molecule has 0 spiro atoms. The Morgan fingerprint density at radius 1 is 1.41 bits per heavy atom. The standard InChI is InChI=1S/C10H18N2O5/c1-16-6-7(17-2)5-11-9(15)12-10(3-4-10)8(13)14/h7H,3-6H2,1-2H3,(H,13,14)(H2,11,12,15). The van der Waals surface area contributed by atoms with Gasteiger partial charge in [0.2, 0.25) is 0 Å². The maximum absolute atomic E-state index is 11.4. The number of methoxy groups -OCH3 is 2. The number of ether oxygens (including phenoxy) is 2. The summed E-state index contributed by atoms with van der Waals surface area (Å²) >= 11 is 0. The third-order valence-corrected chi connectivity index (χ3v) is 2.69. The van der Waals surface area contributed by atoms with Gasteiger partial charge in [-0.25, -0.2) is 9.59 Å². The van der Waals surface area contributed by atoms with Gasteiger partial charge in [-0.05, 0) is 12.8 Å². The molecule has 0 radical (unpaired) electrons. The first-order valence-electron chi connectivity index (χ1n) is 5.35. The van der Waals surface area contributed by atoms with Crippen LogP contribution in [0.25, 0.3) is 0 Å². The molecule has 0 saturated heterocycles. The fourth-order valence-corrected chi connectivity index (χ4v) is 1.38. The summed E-state index contributed by atoms with van der Waals surface area (Å²) in [5.41, 5.74) is -1.06. The summed E-state index contributed by atoms with van der Waals surface area (Å²) in [7, 11) is 3.05. The maximum Gasteiger partial charge on any atom is 0.329 e. The van der Waals surface area contributed by atoms with Gasteiger partial charge in [0, 0.05) is 20.8 Å². The van der Waals surface area contributed by atoms with Crippen molar-refractivity contribution in [1.82, 2.24) is 10.6 Å². The molecular formula is C10H18N2O5. The summed E-state index contributed by atoms with van der Waals surface area (Å²) in [5, 5.41) is 13.9. The summed E-state index contributed by atoms with van der Waals surface area (Å²) in [5.74, 6) is -0.993. The van der Waals surface area contributed by atoms with E-state index in [0.29, 0.717) is 19.4 Å². The van der Waals surface area contributed by atoms with E-state index in [1.165, 1.54) is 14.2 Å². The first-order chi connectivity index (χ1) is 8.04. The van der Waals surface area contributed by atoms with Gasteiger partial charge in [-0.15, -0.1) is 0 Å². The summed E-state index contributed by atoms with van der Waals surface area (Å²) < 4.78 is 9.94. The van der Waals surface area contributed by atoms with Crippen LogP contribution < -0.4 is 10.6 Å². The minimum Gasteiger partial charge on any atom is -0.480 e. The molecule has 0 heterocycles. The predicted octanol–water partition coefficient (Wildman–Crippen LogP) is -0.436. The van der Waals surface area contributed by atoms with Crippen LogP contribution in [0.1, 0.15) is 12.8 Å². The van der Waals surface area contributed by atoms with E-state index < -0.39 is 17.5 Å². The van der Waals surface area contributed by atoms with Crippen LogP contribution >= 0.6 is 0 Å². The highest BCUT2D eigenvalue weighted by atomic mass is 16.5. The van der Waals surface area contributed by atoms with Crippen LogP contribution in [-0.2, 0) is 14.3 Å². The molecule has 1 saturated carbocycles. The lowest BCUT2D eigenvalue weighted by atomic mass is 10.3. The molecule has 98 valence electrons. The Labute approximate surface area is 99.5 Å². The van der Waals surface area contributed by atoms with E-state index in [1.807, 2.05) is 0 Å². The van der Waals surface area contributed by atoms with Crippen molar-refractivity contribution in [2.24, 2.45) is 0 Å². The van der Waals surface area contributed by atoms with Gasteiger partial charge >= 0.3 is 12.0 Å². The molecular weight excluding hydrogens is 228 g/mol. The predicted molar refractivity (Wildman–Crippen MR) is 58.8 cm³/mol. The number of nitrogens with one attached hydrogen (secondary N) is 2. The monoisotopic (exact) mass is 246 g/mol. The van der Waals surface area contributed by atoms with Crippen LogP contribution in [0.15, 0.2) is 0 Å². The second-order valence-electron chi connectivity index (χ2n) is 4.04. The molecule has 2 amide bonds. The molecule has 0 aromatic carbocycles. The molecule has 17 heavy (non-hydrogen) atoms. The summed E-state index contributed by atoms with van der Waals surface area (Å²) in [6.45, 7) is 0.632. The Bertz CT molecular complexity index is 290. The molecule has 1 unspecified atom stereocenters. The highest BCUT2D eigenvalue weighted by Gasteiger charge is 2.51. The molecule has 0 aliphatic heterocycles. The fourth-order valence-electron chi connectivity index (χ4n) is 1.38. The van der Waals surface area contributed by atoms with Crippen molar-refractivity contribution in [2.45, 2.75) is 24.5 Å². The van der Waals surface area contributed by atoms with Crippen molar-refractivity contribution >= 4 is 12.0 Å². The van der Waals surface area contributed by atoms with Gasteiger partial charge in [-0.3, -0.25) is 0 Å². The lowest BCUT2D eigenvalue weighted by molar-refractivity contribution is -0.140. The zero-order chi connectivity index (χ0) is 12.9. The van der Waals surface area contributed by atoms with Crippen molar-refractivity contribution in [3.63, 3.8) is 0 Å². The number of amides is 2. The van der Waals surface area contributed by atoms with Gasteiger partial charge in [0.25, 0.3) is 0 Å². The zero-order valence-electron chi connectivity index (χ0n) is 9.99. The Morgan fingerprint density at radius 2 is 2.06 bits per heavy atom. The summed E-state index contributed by atoms with van der Waals surface area (Å²) in [6, 6.07) is -0.497. The topological polar surface area (TPSA) is 96.9 Å². The number of hydrogen-bond donors (Lipinski definition) is 3. The number of carboxylic acids is 1. The highest BCUT2D eigenvalue weighted by molar-refractivity contribution is 5.88. The Morgan fingerprint density at radius 3 is 2.47 bits per heavy atom. The molecule has 1 aliphatic rings. The van der Waals surface area contributed by atoms with E-state index in [4.69, 9.17) is 14.6 Å². The minimum absolute atomic E-state index is 0.245. The Kier molecular flexibility index (Phi) is 4.71. The molecule has 1 fully saturated rings. The third-order valence-electron chi connectivity index (χ3n) is 2.69. The minimum atomic E-state index is -1.06. The Balaban J connectivity index is 2.28. The molecule has 1 aliphatic carbocycles. The molecule has 0 aromatic heterocycles.